The van der Waals surface area contributed by atoms with Gasteiger partial charge in [0.2, 0.25) is 0 Å². The van der Waals surface area contributed by atoms with Crippen LogP contribution < -0.4 is 10.1 Å². The minimum absolute atomic E-state index is 0.163. The highest BCUT2D eigenvalue weighted by Gasteiger charge is 2.12. The van der Waals surface area contributed by atoms with Crippen LogP contribution in [-0.2, 0) is 18.0 Å². The maximum absolute atomic E-state index is 13.0. The summed E-state index contributed by atoms with van der Waals surface area (Å²) in [5.74, 6) is 0.570. The summed E-state index contributed by atoms with van der Waals surface area (Å²) in [4.78, 5) is 13.0. The van der Waals surface area contributed by atoms with E-state index < -0.39 is 0 Å². The number of nitrogens with one attached hydrogen (secondary N) is 1. The highest BCUT2D eigenvalue weighted by Crippen LogP contribution is 2.25. The molecule has 0 saturated carbocycles. The average molecular weight is 412 g/mol. The van der Waals surface area contributed by atoms with Crippen LogP contribution in [0.3, 0.4) is 0 Å². The number of hydrogen-bond acceptors (Lipinski definition) is 3. The Hall–Kier alpha value is -3.63. The minimum atomic E-state index is -0.163. The summed E-state index contributed by atoms with van der Waals surface area (Å²) in [5.41, 5.74) is 3.31. The zero-order valence-corrected chi connectivity index (χ0v) is 17.5. The van der Waals surface area contributed by atoms with Crippen molar-refractivity contribution in [1.29, 1.82) is 0 Å². The van der Waals surface area contributed by atoms with Gasteiger partial charge >= 0.3 is 0 Å². The molecule has 1 N–H and O–H groups in total. The van der Waals surface area contributed by atoms with Crippen molar-refractivity contribution in [3.63, 3.8) is 0 Å². The molecule has 4 nitrogen and oxygen atoms in total. The number of hydrogen-bond donors (Lipinski definition) is 1. The molecule has 4 aromatic carbocycles. The van der Waals surface area contributed by atoms with Gasteiger partial charge in [0, 0.05) is 22.2 Å². The van der Waals surface area contributed by atoms with Gasteiger partial charge in [-0.05, 0) is 42.1 Å². The first-order valence-corrected chi connectivity index (χ1v) is 10.4. The number of rotatable bonds is 8. The molecular formula is C27H25NO3. The van der Waals surface area contributed by atoms with Crippen molar-refractivity contribution in [2.24, 2.45) is 0 Å². The van der Waals surface area contributed by atoms with E-state index >= 15 is 0 Å². The summed E-state index contributed by atoms with van der Waals surface area (Å²) in [6.07, 6.45) is 0. The van der Waals surface area contributed by atoms with E-state index in [9.17, 15) is 4.79 Å². The maximum Gasteiger partial charge on any atom is 0.255 e. The van der Waals surface area contributed by atoms with E-state index in [-0.39, 0.29) is 5.91 Å². The van der Waals surface area contributed by atoms with Crippen LogP contribution >= 0.6 is 0 Å². The van der Waals surface area contributed by atoms with E-state index in [4.69, 9.17) is 9.47 Å². The lowest BCUT2D eigenvalue weighted by Crippen LogP contribution is -2.13. The molecule has 0 radical (unpaired) electrons. The molecule has 0 bridgehead atoms. The monoisotopic (exact) mass is 411 g/mol. The molecule has 0 aliphatic carbocycles. The summed E-state index contributed by atoms with van der Waals surface area (Å²) in [6.45, 7) is 3.35. The molecule has 0 unspecified atom stereocenters. The zero-order chi connectivity index (χ0) is 21.5. The van der Waals surface area contributed by atoms with E-state index in [0.717, 1.165) is 33.3 Å². The van der Waals surface area contributed by atoms with Crippen LogP contribution in [0, 0.1) is 0 Å². The van der Waals surface area contributed by atoms with Crippen LogP contribution in [0.4, 0.5) is 5.69 Å². The number of anilines is 1. The predicted molar refractivity (Wildman–Crippen MR) is 124 cm³/mol. The highest BCUT2D eigenvalue weighted by atomic mass is 16.5. The Morgan fingerprint density at radius 1 is 0.839 bits per heavy atom. The smallest absolute Gasteiger partial charge is 0.255 e. The molecule has 0 spiro atoms. The summed E-state index contributed by atoms with van der Waals surface area (Å²) in [6, 6.07) is 29.4. The standard InChI is InChI=1S/C27H25NO3/c1-2-31-26-16-15-22(17-23(26)19-30-18-20-9-4-3-5-10-20)27(29)28-25-14-8-12-21-11-6-7-13-24(21)25/h3-17H,2,18-19H2,1H3,(H,28,29). The molecule has 0 saturated heterocycles. The van der Waals surface area contributed by atoms with Crippen molar-refractivity contribution >= 4 is 22.4 Å². The van der Waals surface area contributed by atoms with E-state index in [1.165, 1.54) is 0 Å². The summed E-state index contributed by atoms with van der Waals surface area (Å²) in [7, 11) is 0. The van der Waals surface area contributed by atoms with Crippen molar-refractivity contribution in [3.05, 3.63) is 108 Å². The second-order valence-electron chi connectivity index (χ2n) is 7.21. The van der Waals surface area contributed by atoms with Gasteiger partial charge in [-0.2, -0.15) is 0 Å². The first kappa shape index (κ1) is 20.6. The van der Waals surface area contributed by atoms with Crippen LogP contribution in [-0.4, -0.2) is 12.5 Å². The van der Waals surface area contributed by atoms with Gasteiger partial charge in [0.25, 0.3) is 5.91 Å². The molecule has 0 aliphatic heterocycles. The van der Waals surface area contributed by atoms with E-state index in [1.54, 1.807) is 6.07 Å². The number of amides is 1. The van der Waals surface area contributed by atoms with Crippen molar-refractivity contribution in [2.45, 2.75) is 20.1 Å². The van der Waals surface area contributed by atoms with Crippen LogP contribution in [0.15, 0.2) is 91.0 Å². The molecule has 0 aromatic heterocycles. The first-order valence-electron chi connectivity index (χ1n) is 10.4. The van der Waals surface area contributed by atoms with Gasteiger partial charge in [0.15, 0.2) is 0 Å². The topological polar surface area (TPSA) is 47.6 Å². The molecule has 0 fully saturated rings. The SMILES string of the molecule is CCOc1ccc(C(=O)Nc2cccc3ccccc23)cc1COCc1ccccc1. The number of ether oxygens (including phenoxy) is 2. The number of fused-ring (bicyclic) bond motifs is 1. The molecule has 0 aliphatic rings. The molecule has 4 heteroatoms. The van der Waals surface area contributed by atoms with Crippen LogP contribution in [0.25, 0.3) is 10.8 Å². The first-order chi connectivity index (χ1) is 15.2. The Morgan fingerprint density at radius 2 is 1.61 bits per heavy atom. The fourth-order valence-electron chi connectivity index (χ4n) is 3.51. The number of carbonyl (C=O) groups excluding carboxylic acids is 1. The van der Waals surface area contributed by atoms with Crippen molar-refractivity contribution < 1.29 is 14.3 Å². The Bertz CT molecular complexity index is 1170. The van der Waals surface area contributed by atoms with Gasteiger partial charge < -0.3 is 14.8 Å². The fraction of sp³-hybridized carbons (Fsp3) is 0.148. The molecular weight excluding hydrogens is 386 g/mol. The van der Waals surface area contributed by atoms with Gasteiger partial charge in [-0.25, -0.2) is 0 Å². The van der Waals surface area contributed by atoms with Crippen molar-refractivity contribution in [3.8, 4) is 5.75 Å². The molecule has 0 heterocycles. The van der Waals surface area contributed by atoms with Crippen molar-refractivity contribution in [1.82, 2.24) is 0 Å². The third-order valence-corrected chi connectivity index (χ3v) is 5.03. The molecule has 4 aromatic rings. The molecule has 156 valence electrons. The normalized spacial score (nSPS) is 10.7. The van der Waals surface area contributed by atoms with Crippen LogP contribution in [0.1, 0.15) is 28.4 Å². The Kier molecular flexibility index (Phi) is 6.60. The molecule has 31 heavy (non-hydrogen) atoms. The minimum Gasteiger partial charge on any atom is -0.494 e. The summed E-state index contributed by atoms with van der Waals surface area (Å²) in [5, 5.41) is 5.14. The third kappa shape index (κ3) is 5.11. The van der Waals surface area contributed by atoms with Crippen LogP contribution in [0.2, 0.25) is 0 Å². The van der Waals surface area contributed by atoms with E-state index in [2.05, 4.69) is 5.32 Å². The second-order valence-corrected chi connectivity index (χ2v) is 7.21. The lowest BCUT2D eigenvalue weighted by molar-refractivity contribution is 0.101. The molecule has 0 atom stereocenters. The number of benzene rings is 4. The Labute approximate surface area is 182 Å². The lowest BCUT2D eigenvalue weighted by atomic mass is 10.1. The quantitative estimate of drug-likeness (QED) is 0.375. The average Bonchev–Trinajstić information content (AvgIpc) is 2.81. The van der Waals surface area contributed by atoms with Crippen molar-refractivity contribution in [2.75, 3.05) is 11.9 Å². The summed E-state index contributed by atoms with van der Waals surface area (Å²) >= 11 is 0. The zero-order valence-electron chi connectivity index (χ0n) is 17.5. The predicted octanol–water partition coefficient (Wildman–Crippen LogP) is 6.21. The highest BCUT2D eigenvalue weighted by molar-refractivity contribution is 6.09. The second kappa shape index (κ2) is 9.92. The van der Waals surface area contributed by atoms with Gasteiger partial charge in [0.05, 0.1) is 19.8 Å². The molecule has 4 rings (SSSR count). The lowest BCUT2D eigenvalue weighted by Gasteiger charge is -2.14. The largest absolute Gasteiger partial charge is 0.494 e. The van der Waals surface area contributed by atoms with Gasteiger partial charge in [-0.1, -0.05) is 66.7 Å². The van der Waals surface area contributed by atoms with Gasteiger partial charge in [-0.3, -0.25) is 4.79 Å². The Balaban J connectivity index is 1.52. The van der Waals surface area contributed by atoms with Crippen LogP contribution in [0.5, 0.6) is 5.75 Å². The number of carbonyl (C=O) groups is 1. The van der Waals surface area contributed by atoms with Gasteiger partial charge in [-0.15, -0.1) is 0 Å². The van der Waals surface area contributed by atoms with Gasteiger partial charge in [0.1, 0.15) is 5.75 Å². The Morgan fingerprint density at radius 3 is 2.45 bits per heavy atom. The third-order valence-electron chi connectivity index (χ3n) is 5.03. The van der Waals surface area contributed by atoms with E-state index in [0.29, 0.717) is 25.4 Å². The molecule has 1 amide bonds. The summed E-state index contributed by atoms with van der Waals surface area (Å²) < 4.78 is 11.6. The van der Waals surface area contributed by atoms with E-state index in [1.807, 2.05) is 91.9 Å². The maximum atomic E-state index is 13.0. The fourth-order valence-corrected chi connectivity index (χ4v) is 3.51.